The number of ketones is 1. The average molecular weight is 277 g/mol. The lowest BCUT2D eigenvalue weighted by molar-refractivity contribution is 0.0799. The maximum absolute atomic E-state index is 12.4. The van der Waals surface area contributed by atoms with Crippen molar-refractivity contribution in [1.29, 1.82) is 0 Å². The van der Waals surface area contributed by atoms with Gasteiger partial charge >= 0.3 is 0 Å². The lowest BCUT2D eigenvalue weighted by atomic mass is 9.98. The van der Waals surface area contributed by atoms with Gasteiger partial charge in [0.1, 0.15) is 5.75 Å². The third kappa shape index (κ3) is 3.81. The number of benzene rings is 1. The van der Waals surface area contributed by atoms with Crippen LogP contribution in [0, 0.1) is 0 Å². The minimum absolute atomic E-state index is 0.119. The topological polar surface area (TPSA) is 49.8 Å². The Morgan fingerprint density at radius 3 is 3.05 bits per heavy atom. The number of carbonyl (C=O) groups is 1. The molecule has 1 aromatic carbocycles. The molecule has 110 valence electrons. The summed E-state index contributed by atoms with van der Waals surface area (Å²) in [6.07, 6.45) is 4.15. The second kappa shape index (κ2) is 7.41. The van der Waals surface area contributed by atoms with Gasteiger partial charge in [0.25, 0.3) is 0 Å². The molecule has 1 atom stereocenters. The zero-order valence-corrected chi connectivity index (χ0v) is 12.0. The minimum atomic E-state index is 0.119. The summed E-state index contributed by atoms with van der Waals surface area (Å²) in [5.41, 5.74) is 0.692. The number of likely N-dealkylation sites (tertiary alicyclic amines) is 1. The minimum Gasteiger partial charge on any atom is -0.497 e. The van der Waals surface area contributed by atoms with Crippen LogP contribution >= 0.6 is 0 Å². The molecule has 0 amide bonds. The summed E-state index contributed by atoms with van der Waals surface area (Å²) in [5.74, 6) is 0.829. The van der Waals surface area contributed by atoms with Crippen LogP contribution in [-0.2, 0) is 0 Å². The van der Waals surface area contributed by atoms with Crippen LogP contribution in [0.3, 0.4) is 0 Å². The molecule has 1 aliphatic rings. The molecular weight excluding hydrogens is 254 g/mol. The van der Waals surface area contributed by atoms with E-state index in [1.165, 1.54) is 6.42 Å². The van der Waals surface area contributed by atoms with Gasteiger partial charge in [-0.1, -0.05) is 18.6 Å². The molecule has 0 saturated carbocycles. The summed E-state index contributed by atoms with van der Waals surface area (Å²) in [7, 11) is 1.60. The van der Waals surface area contributed by atoms with Gasteiger partial charge in [0, 0.05) is 18.2 Å². The quantitative estimate of drug-likeness (QED) is 0.809. The predicted octanol–water partition coefficient (Wildman–Crippen LogP) is 2.11. The molecule has 1 aromatic rings. The number of aliphatic hydroxyl groups excluding tert-OH is 1. The highest BCUT2D eigenvalue weighted by molar-refractivity contribution is 5.98. The van der Waals surface area contributed by atoms with Crippen molar-refractivity contribution in [1.82, 2.24) is 4.90 Å². The summed E-state index contributed by atoms with van der Waals surface area (Å²) in [4.78, 5) is 14.6. The van der Waals surface area contributed by atoms with Crippen molar-refractivity contribution in [3.8, 4) is 5.75 Å². The highest BCUT2D eigenvalue weighted by Gasteiger charge is 2.24. The van der Waals surface area contributed by atoms with E-state index in [4.69, 9.17) is 9.84 Å². The smallest absolute Gasteiger partial charge is 0.176 e. The van der Waals surface area contributed by atoms with Crippen molar-refractivity contribution in [2.75, 3.05) is 26.8 Å². The molecular formula is C16H23NO3. The Hall–Kier alpha value is -1.39. The number of nitrogens with zero attached hydrogens (tertiary/aromatic N) is 1. The van der Waals surface area contributed by atoms with Crippen molar-refractivity contribution < 1.29 is 14.6 Å². The second-order valence-corrected chi connectivity index (χ2v) is 5.29. The molecule has 1 heterocycles. The van der Waals surface area contributed by atoms with E-state index in [0.717, 1.165) is 25.8 Å². The summed E-state index contributed by atoms with van der Waals surface area (Å²) in [5, 5.41) is 9.13. The first-order chi connectivity index (χ1) is 9.74. The van der Waals surface area contributed by atoms with Gasteiger partial charge < -0.3 is 9.84 Å². The van der Waals surface area contributed by atoms with Gasteiger partial charge in [0.2, 0.25) is 0 Å². The Balaban J connectivity index is 2.01. The van der Waals surface area contributed by atoms with E-state index < -0.39 is 0 Å². The number of rotatable bonds is 6. The lowest BCUT2D eigenvalue weighted by Crippen LogP contribution is -2.43. The van der Waals surface area contributed by atoms with Gasteiger partial charge in [-0.05, 0) is 37.9 Å². The largest absolute Gasteiger partial charge is 0.497 e. The molecule has 1 saturated heterocycles. The molecule has 1 fully saturated rings. The maximum Gasteiger partial charge on any atom is 0.176 e. The Bertz CT molecular complexity index is 445. The zero-order chi connectivity index (χ0) is 14.4. The molecule has 0 spiro atoms. The number of carbonyl (C=O) groups excluding carboxylic acids is 1. The Morgan fingerprint density at radius 1 is 1.45 bits per heavy atom. The number of ether oxygens (including phenoxy) is 1. The molecule has 0 aromatic heterocycles. The van der Waals surface area contributed by atoms with Crippen LogP contribution in [0.15, 0.2) is 24.3 Å². The van der Waals surface area contributed by atoms with E-state index in [2.05, 4.69) is 4.90 Å². The molecule has 0 aliphatic carbocycles. The van der Waals surface area contributed by atoms with Crippen molar-refractivity contribution in [3.63, 3.8) is 0 Å². The van der Waals surface area contributed by atoms with Crippen LogP contribution in [0.5, 0.6) is 5.75 Å². The first-order valence-electron chi connectivity index (χ1n) is 7.26. The number of piperidine rings is 1. The maximum atomic E-state index is 12.4. The third-order valence-corrected chi connectivity index (χ3v) is 3.95. The molecule has 4 nitrogen and oxygen atoms in total. The fourth-order valence-corrected chi connectivity index (χ4v) is 2.82. The number of Topliss-reactive ketones (excluding diaryl/α,β-unsaturated/α-hetero) is 1. The van der Waals surface area contributed by atoms with E-state index in [0.29, 0.717) is 23.9 Å². The highest BCUT2D eigenvalue weighted by Crippen LogP contribution is 2.20. The van der Waals surface area contributed by atoms with E-state index in [9.17, 15) is 4.79 Å². The van der Waals surface area contributed by atoms with Crippen LogP contribution in [0.4, 0.5) is 0 Å². The molecule has 1 aliphatic heterocycles. The Morgan fingerprint density at radius 2 is 2.30 bits per heavy atom. The summed E-state index contributed by atoms with van der Waals surface area (Å²) in [6, 6.07) is 7.63. The fourth-order valence-electron chi connectivity index (χ4n) is 2.82. The normalized spacial score (nSPS) is 19.8. The molecule has 0 radical (unpaired) electrons. The first-order valence-corrected chi connectivity index (χ1v) is 7.26. The monoisotopic (exact) mass is 277 g/mol. The molecule has 2 rings (SSSR count). The van der Waals surface area contributed by atoms with E-state index in [1.54, 1.807) is 13.2 Å². The Kier molecular flexibility index (Phi) is 5.56. The van der Waals surface area contributed by atoms with Crippen molar-refractivity contribution in [2.45, 2.75) is 31.7 Å². The number of hydrogen-bond acceptors (Lipinski definition) is 4. The highest BCUT2D eigenvalue weighted by atomic mass is 16.5. The van der Waals surface area contributed by atoms with Crippen LogP contribution < -0.4 is 4.74 Å². The van der Waals surface area contributed by atoms with Crippen molar-refractivity contribution >= 4 is 5.78 Å². The van der Waals surface area contributed by atoms with Gasteiger partial charge in [-0.15, -0.1) is 0 Å². The van der Waals surface area contributed by atoms with Crippen LogP contribution in [0.2, 0.25) is 0 Å². The Labute approximate surface area is 120 Å². The van der Waals surface area contributed by atoms with Crippen LogP contribution in [-0.4, -0.2) is 48.6 Å². The number of hydrogen-bond donors (Lipinski definition) is 1. The fraction of sp³-hybridized carbons (Fsp3) is 0.562. The molecule has 1 N–H and O–H groups in total. The van der Waals surface area contributed by atoms with Crippen LogP contribution in [0.1, 0.15) is 36.0 Å². The number of aliphatic hydroxyl groups is 1. The van der Waals surface area contributed by atoms with Gasteiger partial charge in [0.15, 0.2) is 5.78 Å². The summed E-state index contributed by atoms with van der Waals surface area (Å²) < 4.78 is 5.16. The molecule has 0 bridgehead atoms. The van der Waals surface area contributed by atoms with Gasteiger partial charge in [-0.2, -0.15) is 0 Å². The van der Waals surface area contributed by atoms with E-state index in [-0.39, 0.29) is 12.4 Å². The summed E-state index contributed by atoms with van der Waals surface area (Å²) in [6.45, 7) is 1.56. The van der Waals surface area contributed by atoms with Gasteiger partial charge in [-0.3, -0.25) is 9.69 Å². The van der Waals surface area contributed by atoms with Crippen LogP contribution in [0.25, 0.3) is 0 Å². The SMILES string of the molecule is COc1cccc(C(=O)CN2CCCCC2CCO)c1. The molecule has 20 heavy (non-hydrogen) atoms. The predicted molar refractivity (Wildman–Crippen MR) is 78.2 cm³/mol. The van der Waals surface area contributed by atoms with Gasteiger partial charge in [-0.25, -0.2) is 0 Å². The first kappa shape index (κ1) is 15.0. The second-order valence-electron chi connectivity index (χ2n) is 5.29. The third-order valence-electron chi connectivity index (χ3n) is 3.95. The van der Waals surface area contributed by atoms with Crippen molar-refractivity contribution in [2.24, 2.45) is 0 Å². The van der Waals surface area contributed by atoms with E-state index >= 15 is 0 Å². The van der Waals surface area contributed by atoms with Gasteiger partial charge in [0.05, 0.1) is 13.7 Å². The molecule has 1 unspecified atom stereocenters. The summed E-state index contributed by atoms with van der Waals surface area (Å²) >= 11 is 0. The standard InChI is InChI=1S/C16H23NO3/c1-20-15-7-4-5-13(11-15)16(19)12-17-9-3-2-6-14(17)8-10-18/h4-5,7,11,14,18H,2-3,6,8-10,12H2,1H3. The zero-order valence-electron chi connectivity index (χ0n) is 12.0. The average Bonchev–Trinajstić information content (AvgIpc) is 2.49. The van der Waals surface area contributed by atoms with Crippen molar-refractivity contribution in [3.05, 3.63) is 29.8 Å². The lowest BCUT2D eigenvalue weighted by Gasteiger charge is -2.34. The molecule has 4 heteroatoms. The number of methoxy groups -OCH3 is 1. The van der Waals surface area contributed by atoms with E-state index in [1.807, 2.05) is 18.2 Å².